The molecule has 0 aliphatic heterocycles. The van der Waals surface area contributed by atoms with Gasteiger partial charge in [-0.3, -0.25) is 14.4 Å². The number of ether oxygens (including phenoxy) is 1. The average molecular weight is 383 g/mol. The number of carbonyl (C=O) groups excluding carboxylic acids is 3. The molecule has 2 fully saturated rings. The molecule has 0 aromatic carbocycles. The zero-order valence-electron chi connectivity index (χ0n) is 17.0. The molecular formula is C24H30O4. The second-order valence-electron chi connectivity index (χ2n) is 10.0. The molecule has 5 rings (SSSR count). The topological polar surface area (TPSA) is 60.4 Å². The van der Waals surface area contributed by atoms with Crippen molar-refractivity contribution in [1.82, 2.24) is 0 Å². The van der Waals surface area contributed by atoms with Crippen LogP contribution in [-0.2, 0) is 19.1 Å². The molecule has 4 heteroatoms. The molecular weight excluding hydrogens is 352 g/mol. The summed E-state index contributed by atoms with van der Waals surface area (Å²) in [5.74, 6) is 1.28. The predicted molar refractivity (Wildman–Crippen MR) is 104 cm³/mol. The van der Waals surface area contributed by atoms with E-state index in [2.05, 4.69) is 19.1 Å². The quantitative estimate of drug-likeness (QED) is 0.538. The lowest BCUT2D eigenvalue weighted by Crippen LogP contribution is -2.53. The van der Waals surface area contributed by atoms with Crippen LogP contribution in [0.3, 0.4) is 0 Å². The largest absolute Gasteiger partial charge is 0.458 e. The molecule has 0 spiro atoms. The van der Waals surface area contributed by atoms with Crippen molar-refractivity contribution in [3.05, 3.63) is 23.3 Å². The molecule has 0 amide bonds. The first-order valence-corrected chi connectivity index (χ1v) is 10.9. The van der Waals surface area contributed by atoms with Crippen molar-refractivity contribution in [3.63, 3.8) is 0 Å². The number of hydrogen-bond donors (Lipinski definition) is 0. The van der Waals surface area contributed by atoms with E-state index in [0.29, 0.717) is 30.5 Å². The fraction of sp³-hybridized carbons (Fsp3) is 0.708. The van der Waals surface area contributed by atoms with Gasteiger partial charge < -0.3 is 4.74 Å². The van der Waals surface area contributed by atoms with Crippen LogP contribution < -0.4 is 0 Å². The molecule has 0 aromatic heterocycles. The van der Waals surface area contributed by atoms with Gasteiger partial charge in [0.05, 0.1) is 5.41 Å². The minimum atomic E-state index is -0.468. The Hall–Kier alpha value is -1.71. The first-order valence-electron chi connectivity index (χ1n) is 10.9. The Labute approximate surface area is 166 Å². The predicted octanol–water partition coefficient (Wildman–Crippen LogP) is 4.33. The number of hydrogen-bond acceptors (Lipinski definition) is 4. The van der Waals surface area contributed by atoms with Crippen molar-refractivity contribution in [2.75, 3.05) is 6.61 Å². The summed E-state index contributed by atoms with van der Waals surface area (Å²) in [6.07, 6.45) is 13.3. The van der Waals surface area contributed by atoms with Gasteiger partial charge in [0.1, 0.15) is 5.78 Å². The smallest absolute Gasteiger partial charge is 0.303 e. The highest BCUT2D eigenvalue weighted by molar-refractivity contribution is 5.91. The Bertz CT molecular complexity index is 836. The maximum Gasteiger partial charge on any atom is 0.303 e. The normalized spacial score (nSPS) is 43.4. The summed E-state index contributed by atoms with van der Waals surface area (Å²) in [6.45, 7) is 3.59. The molecule has 0 radical (unpaired) electrons. The van der Waals surface area contributed by atoms with E-state index in [9.17, 15) is 14.4 Å². The Morgan fingerprint density at radius 2 is 1.93 bits per heavy atom. The van der Waals surface area contributed by atoms with Gasteiger partial charge in [0, 0.05) is 19.8 Å². The number of esters is 1. The Morgan fingerprint density at radius 1 is 1.11 bits per heavy atom. The third-order valence-corrected chi connectivity index (χ3v) is 9.36. The number of rotatable bonds is 3. The summed E-state index contributed by atoms with van der Waals surface area (Å²) in [6, 6.07) is 0. The maximum absolute atomic E-state index is 13.2. The van der Waals surface area contributed by atoms with E-state index in [1.807, 2.05) is 0 Å². The Kier molecular flexibility index (Phi) is 3.86. The van der Waals surface area contributed by atoms with Gasteiger partial charge in [0.15, 0.2) is 12.4 Å². The van der Waals surface area contributed by atoms with E-state index in [0.717, 1.165) is 44.9 Å². The van der Waals surface area contributed by atoms with Gasteiger partial charge >= 0.3 is 5.97 Å². The van der Waals surface area contributed by atoms with Crippen LogP contribution in [-0.4, -0.2) is 24.1 Å². The van der Waals surface area contributed by atoms with Gasteiger partial charge in [-0.1, -0.05) is 30.2 Å². The lowest BCUT2D eigenvalue weighted by Gasteiger charge is -2.58. The van der Waals surface area contributed by atoms with Crippen LogP contribution in [0.5, 0.6) is 0 Å². The summed E-state index contributed by atoms with van der Waals surface area (Å²) in [4.78, 5) is 36.4. The first kappa shape index (κ1) is 18.3. The van der Waals surface area contributed by atoms with Crippen molar-refractivity contribution in [3.8, 4) is 0 Å². The van der Waals surface area contributed by atoms with E-state index in [1.165, 1.54) is 12.5 Å². The second kappa shape index (κ2) is 5.90. The molecule has 0 saturated heterocycles. The van der Waals surface area contributed by atoms with Crippen molar-refractivity contribution in [2.45, 2.75) is 71.6 Å². The molecule has 1 unspecified atom stereocenters. The number of Topliss-reactive ketones (excluding diaryl/α,β-unsaturated/α-hetero) is 2. The molecule has 2 bridgehead atoms. The number of allylic oxidation sites excluding steroid dienone is 4. The fourth-order valence-electron chi connectivity index (χ4n) is 8.00. The average Bonchev–Trinajstić information content (AvgIpc) is 3.10. The molecule has 0 heterocycles. The van der Waals surface area contributed by atoms with Gasteiger partial charge in [-0.15, -0.1) is 0 Å². The van der Waals surface area contributed by atoms with Gasteiger partial charge in [-0.05, 0) is 67.6 Å². The number of carbonyl (C=O) groups is 3. The van der Waals surface area contributed by atoms with Crippen molar-refractivity contribution < 1.29 is 19.1 Å². The van der Waals surface area contributed by atoms with E-state index < -0.39 is 5.41 Å². The van der Waals surface area contributed by atoms with E-state index in [1.54, 1.807) is 5.57 Å². The minimum Gasteiger partial charge on any atom is -0.458 e. The SMILES string of the molecule is CC(=O)OCC(=O)[C@@]12C=CC3(CC1)[C@@H]1CCC4=C(CCC(=O)C4)[C@H]1CC[C@@]32C. The summed E-state index contributed by atoms with van der Waals surface area (Å²) in [7, 11) is 0. The minimum absolute atomic E-state index is 0.0685. The second-order valence-corrected chi connectivity index (χ2v) is 10.0. The van der Waals surface area contributed by atoms with E-state index in [4.69, 9.17) is 4.74 Å². The molecule has 2 saturated carbocycles. The number of ketones is 2. The fourth-order valence-corrected chi connectivity index (χ4v) is 8.00. The van der Waals surface area contributed by atoms with Gasteiger partial charge in [0.2, 0.25) is 0 Å². The monoisotopic (exact) mass is 382 g/mol. The van der Waals surface area contributed by atoms with E-state index >= 15 is 0 Å². The summed E-state index contributed by atoms with van der Waals surface area (Å²) >= 11 is 0. The maximum atomic E-state index is 13.2. The van der Waals surface area contributed by atoms with E-state index in [-0.39, 0.29) is 29.2 Å². The molecule has 5 aliphatic carbocycles. The molecule has 4 nitrogen and oxygen atoms in total. The van der Waals surface area contributed by atoms with Crippen molar-refractivity contribution >= 4 is 17.5 Å². The highest BCUT2D eigenvalue weighted by Crippen LogP contribution is 2.78. The molecule has 5 aliphatic rings. The first-order chi connectivity index (χ1) is 13.3. The number of fused-ring (bicyclic) bond motifs is 2. The molecule has 0 N–H and O–H groups in total. The van der Waals surface area contributed by atoms with Crippen LogP contribution in [0.15, 0.2) is 23.3 Å². The van der Waals surface area contributed by atoms with Crippen LogP contribution in [0.4, 0.5) is 0 Å². The zero-order valence-corrected chi connectivity index (χ0v) is 17.0. The summed E-state index contributed by atoms with van der Waals surface area (Å²) in [5, 5.41) is 0. The Balaban J connectivity index is 1.48. The molecule has 5 atom stereocenters. The summed E-state index contributed by atoms with van der Waals surface area (Å²) < 4.78 is 5.11. The highest BCUT2D eigenvalue weighted by Gasteiger charge is 2.73. The van der Waals surface area contributed by atoms with Crippen molar-refractivity contribution in [2.24, 2.45) is 28.1 Å². The van der Waals surface area contributed by atoms with Crippen molar-refractivity contribution in [1.29, 1.82) is 0 Å². The van der Waals surface area contributed by atoms with Gasteiger partial charge in [0.25, 0.3) is 0 Å². The van der Waals surface area contributed by atoms with Crippen LogP contribution in [0.2, 0.25) is 0 Å². The standard InChI is InChI=1S/C24H30O4/c1-15(25)28-14-21(27)24-11-9-23(10-12-24)20-6-3-16-13-17(26)4-5-18(16)19(20)7-8-22(23,24)2/h9,11,19-20H,3-8,10,12-14H2,1-2H3/t19-,20-,22+,23?,24-/m1/s1. The molecule has 150 valence electrons. The third kappa shape index (κ3) is 2.10. The lowest BCUT2D eigenvalue weighted by atomic mass is 9.46. The van der Waals surface area contributed by atoms with Gasteiger partial charge in [-0.2, -0.15) is 0 Å². The Morgan fingerprint density at radius 3 is 2.64 bits per heavy atom. The van der Waals surface area contributed by atoms with Crippen LogP contribution in [0.1, 0.15) is 71.6 Å². The zero-order chi connectivity index (χ0) is 19.7. The summed E-state index contributed by atoms with van der Waals surface area (Å²) in [5.41, 5.74) is 2.58. The van der Waals surface area contributed by atoms with Gasteiger partial charge in [-0.25, -0.2) is 0 Å². The van der Waals surface area contributed by atoms with Crippen LogP contribution in [0.25, 0.3) is 0 Å². The molecule has 0 aromatic rings. The third-order valence-electron chi connectivity index (χ3n) is 9.36. The van der Waals surface area contributed by atoms with Crippen LogP contribution in [0, 0.1) is 28.1 Å². The highest BCUT2D eigenvalue weighted by atomic mass is 16.5. The van der Waals surface area contributed by atoms with Crippen LogP contribution >= 0.6 is 0 Å². The lowest BCUT2D eigenvalue weighted by molar-refractivity contribution is -0.152. The molecule has 28 heavy (non-hydrogen) atoms.